The van der Waals surface area contributed by atoms with Crippen molar-refractivity contribution in [3.63, 3.8) is 0 Å². The van der Waals surface area contributed by atoms with Crippen molar-refractivity contribution in [2.24, 2.45) is 0 Å². The number of carbonyl (C=O) groups is 1. The van der Waals surface area contributed by atoms with Gasteiger partial charge in [0.15, 0.2) is 0 Å². The van der Waals surface area contributed by atoms with Crippen molar-refractivity contribution in [3.8, 4) is 0 Å². The molecule has 0 saturated carbocycles. The Morgan fingerprint density at radius 1 is 1.26 bits per heavy atom. The molecular formula is C18H23ClF3NO3S. The molecule has 1 aromatic rings. The minimum Gasteiger partial charge on any atom is -0.369 e. The molecule has 0 aliphatic carbocycles. The van der Waals surface area contributed by atoms with Crippen LogP contribution < -0.4 is 0 Å². The van der Waals surface area contributed by atoms with E-state index in [9.17, 15) is 22.2 Å². The zero-order chi connectivity index (χ0) is 20.4. The molecule has 1 aliphatic rings. The summed E-state index contributed by atoms with van der Waals surface area (Å²) in [5, 5.41) is 0.481. The van der Waals surface area contributed by atoms with Gasteiger partial charge in [-0.05, 0) is 38.5 Å². The van der Waals surface area contributed by atoms with Crippen molar-refractivity contribution >= 4 is 28.3 Å². The Morgan fingerprint density at radius 2 is 1.85 bits per heavy atom. The molecule has 0 spiro atoms. The van der Waals surface area contributed by atoms with Gasteiger partial charge in [-0.3, -0.25) is 9.00 Å². The number of nitrogens with zero attached hydrogens (tertiary/aromatic N) is 1. The normalized spacial score (nSPS) is 21.2. The molecule has 1 aliphatic heterocycles. The Kier molecular flexibility index (Phi) is 6.97. The largest absolute Gasteiger partial charge is 0.391 e. The second kappa shape index (κ2) is 8.49. The topological polar surface area (TPSA) is 46.6 Å². The summed E-state index contributed by atoms with van der Waals surface area (Å²) in [6, 6.07) is 4.62. The zero-order valence-corrected chi connectivity index (χ0v) is 17.0. The van der Waals surface area contributed by atoms with Gasteiger partial charge in [0.05, 0.1) is 25.1 Å². The Morgan fingerprint density at radius 3 is 2.37 bits per heavy atom. The van der Waals surface area contributed by atoms with E-state index in [0.29, 0.717) is 10.6 Å². The van der Waals surface area contributed by atoms with E-state index in [1.54, 1.807) is 45.0 Å². The van der Waals surface area contributed by atoms with Gasteiger partial charge in [0.25, 0.3) is 0 Å². The third-order valence-corrected chi connectivity index (χ3v) is 6.57. The second-order valence-electron chi connectivity index (χ2n) is 7.48. The van der Waals surface area contributed by atoms with Crippen molar-refractivity contribution < 1.29 is 26.9 Å². The summed E-state index contributed by atoms with van der Waals surface area (Å²) < 4.78 is 56.8. The lowest BCUT2D eigenvalue weighted by Crippen LogP contribution is -2.53. The fraction of sp³-hybridized carbons (Fsp3) is 0.611. The van der Waals surface area contributed by atoms with Gasteiger partial charge in [0.2, 0.25) is 5.91 Å². The van der Waals surface area contributed by atoms with Crippen molar-refractivity contribution in [1.29, 1.82) is 0 Å². The first-order valence-corrected chi connectivity index (χ1v) is 10.2. The fourth-order valence-corrected chi connectivity index (χ4v) is 4.17. The number of amides is 1. The van der Waals surface area contributed by atoms with Gasteiger partial charge in [-0.15, -0.1) is 0 Å². The third kappa shape index (κ3) is 6.19. The molecule has 1 fully saturated rings. The maximum atomic E-state index is 13.2. The molecule has 9 heteroatoms. The van der Waals surface area contributed by atoms with Gasteiger partial charge >= 0.3 is 6.18 Å². The minimum atomic E-state index is -4.49. The van der Waals surface area contributed by atoms with Gasteiger partial charge in [0.1, 0.15) is 6.61 Å². The van der Waals surface area contributed by atoms with Crippen LogP contribution in [-0.4, -0.2) is 50.9 Å². The van der Waals surface area contributed by atoms with Crippen molar-refractivity contribution in [3.05, 3.63) is 34.9 Å². The van der Waals surface area contributed by atoms with E-state index < -0.39 is 46.1 Å². The SMILES string of the molecule is CC(C)(C)S(=O)CC(CC(F)(F)F)N1C(=O)COCC1c1ccc(Cl)cc1. The van der Waals surface area contributed by atoms with Crippen LogP contribution in [0.4, 0.5) is 13.2 Å². The monoisotopic (exact) mass is 425 g/mol. The second-order valence-corrected chi connectivity index (χ2v) is 10.2. The maximum absolute atomic E-state index is 13.2. The van der Waals surface area contributed by atoms with Crippen LogP contribution in [0.2, 0.25) is 5.02 Å². The number of hydrogen-bond acceptors (Lipinski definition) is 3. The highest BCUT2D eigenvalue weighted by molar-refractivity contribution is 7.86. The van der Waals surface area contributed by atoms with Gasteiger partial charge < -0.3 is 9.64 Å². The highest BCUT2D eigenvalue weighted by Gasteiger charge is 2.42. The minimum absolute atomic E-state index is 0.0733. The van der Waals surface area contributed by atoms with Crippen LogP contribution in [0, 0.1) is 0 Å². The average Bonchev–Trinajstić information content (AvgIpc) is 2.52. The van der Waals surface area contributed by atoms with Crippen LogP contribution in [0.5, 0.6) is 0 Å². The lowest BCUT2D eigenvalue weighted by molar-refractivity contribution is -0.167. The zero-order valence-electron chi connectivity index (χ0n) is 15.4. The summed E-state index contributed by atoms with van der Waals surface area (Å²) in [5.74, 6) is -0.792. The van der Waals surface area contributed by atoms with Crippen molar-refractivity contribution in [1.82, 2.24) is 4.90 Å². The number of morpholine rings is 1. The lowest BCUT2D eigenvalue weighted by atomic mass is 10.0. The molecule has 152 valence electrons. The standard InChI is InChI=1S/C18H23ClF3NO3S/c1-17(2,3)27(25)11-14(8-18(20,21)22)23-15(9-26-10-16(23)24)12-4-6-13(19)7-5-12/h4-7,14-15H,8-11H2,1-3H3. The fourth-order valence-electron chi connectivity index (χ4n) is 2.92. The Balaban J connectivity index is 2.39. The Labute approximate surface area is 164 Å². The molecule has 1 aromatic carbocycles. The van der Waals surface area contributed by atoms with Crippen molar-refractivity contribution in [2.45, 2.75) is 50.2 Å². The number of halogens is 4. The molecule has 0 bridgehead atoms. The summed E-state index contributed by atoms with van der Waals surface area (Å²) >= 11 is 5.88. The first-order chi connectivity index (χ1) is 12.4. The van der Waals surface area contributed by atoms with Crippen LogP contribution in [0.25, 0.3) is 0 Å². The molecular weight excluding hydrogens is 403 g/mol. The van der Waals surface area contributed by atoms with Crippen LogP contribution in [-0.2, 0) is 20.3 Å². The highest BCUT2D eigenvalue weighted by Crippen LogP contribution is 2.33. The molecule has 0 aromatic heterocycles. The van der Waals surface area contributed by atoms with E-state index in [4.69, 9.17) is 16.3 Å². The van der Waals surface area contributed by atoms with Gasteiger partial charge in [0, 0.05) is 26.3 Å². The Bertz CT molecular complexity index is 689. The molecule has 1 saturated heterocycles. The molecule has 1 amide bonds. The van der Waals surface area contributed by atoms with E-state index in [1.807, 2.05) is 0 Å². The number of ether oxygens (including phenoxy) is 1. The molecule has 4 nitrogen and oxygen atoms in total. The summed E-state index contributed by atoms with van der Waals surface area (Å²) in [6.45, 7) is 4.88. The maximum Gasteiger partial charge on any atom is 0.391 e. The van der Waals surface area contributed by atoms with E-state index in [1.165, 1.54) is 4.90 Å². The molecule has 1 heterocycles. The summed E-state index contributed by atoms with van der Waals surface area (Å²) in [4.78, 5) is 13.7. The average molecular weight is 426 g/mol. The van der Waals surface area contributed by atoms with Crippen molar-refractivity contribution in [2.75, 3.05) is 19.0 Å². The van der Waals surface area contributed by atoms with Gasteiger partial charge in [-0.1, -0.05) is 23.7 Å². The third-order valence-electron chi connectivity index (χ3n) is 4.27. The predicted octanol–water partition coefficient (Wildman–Crippen LogP) is 4.11. The van der Waals surface area contributed by atoms with E-state index >= 15 is 0 Å². The summed E-state index contributed by atoms with van der Waals surface area (Å²) in [6.07, 6.45) is -5.71. The van der Waals surface area contributed by atoms with E-state index in [0.717, 1.165) is 0 Å². The summed E-state index contributed by atoms with van der Waals surface area (Å²) in [5.41, 5.74) is 0.626. The number of hydrogen-bond donors (Lipinski definition) is 0. The highest BCUT2D eigenvalue weighted by atomic mass is 35.5. The number of alkyl halides is 3. The number of benzene rings is 1. The van der Waals surface area contributed by atoms with Crippen LogP contribution in [0.15, 0.2) is 24.3 Å². The van der Waals surface area contributed by atoms with E-state index in [-0.39, 0.29) is 19.0 Å². The molecule has 0 N–H and O–H groups in total. The predicted molar refractivity (Wildman–Crippen MR) is 99.1 cm³/mol. The number of rotatable bonds is 5. The smallest absolute Gasteiger partial charge is 0.369 e. The van der Waals surface area contributed by atoms with Crippen LogP contribution in [0.3, 0.4) is 0 Å². The number of carbonyl (C=O) groups excluding carboxylic acids is 1. The quantitative estimate of drug-likeness (QED) is 0.713. The van der Waals surface area contributed by atoms with Gasteiger partial charge in [-0.2, -0.15) is 13.2 Å². The first kappa shape index (κ1) is 22.2. The molecule has 3 unspecified atom stereocenters. The van der Waals surface area contributed by atoms with Crippen LogP contribution in [0.1, 0.15) is 38.8 Å². The molecule has 3 atom stereocenters. The Hall–Kier alpha value is -1.12. The van der Waals surface area contributed by atoms with Gasteiger partial charge in [-0.25, -0.2) is 0 Å². The summed E-state index contributed by atoms with van der Waals surface area (Å²) in [7, 11) is -1.55. The van der Waals surface area contributed by atoms with Crippen LogP contribution >= 0.6 is 11.6 Å². The van der Waals surface area contributed by atoms with E-state index in [2.05, 4.69) is 0 Å². The molecule has 27 heavy (non-hydrogen) atoms. The first-order valence-electron chi connectivity index (χ1n) is 8.48. The molecule has 2 rings (SSSR count). The molecule has 0 radical (unpaired) electrons. The lowest BCUT2D eigenvalue weighted by Gasteiger charge is -2.42.